The molecule has 6 nitrogen and oxygen atoms in total. The molecule has 0 atom stereocenters. The number of fused-ring (bicyclic) bond motifs is 1. The molecule has 3 heterocycles. The van der Waals surface area contributed by atoms with Gasteiger partial charge in [-0.1, -0.05) is 69.3 Å². The van der Waals surface area contributed by atoms with Crippen LogP contribution in [0.15, 0.2) is 60.9 Å². The van der Waals surface area contributed by atoms with Gasteiger partial charge < -0.3 is 4.57 Å². The Morgan fingerprint density at radius 3 is 2.45 bits per heavy atom. The van der Waals surface area contributed by atoms with Gasteiger partial charge in [-0.3, -0.25) is 9.69 Å². The number of hydrogen-bond acceptors (Lipinski definition) is 4. The average Bonchev–Trinajstić information content (AvgIpc) is 3.45. The van der Waals surface area contributed by atoms with E-state index >= 15 is 0 Å². The number of halogens is 3. The van der Waals surface area contributed by atoms with E-state index in [4.69, 9.17) is 4.98 Å². The average molecular weight is 520 g/mol. The molecule has 0 bridgehead atoms. The first-order valence-corrected chi connectivity index (χ1v) is 12.6. The van der Waals surface area contributed by atoms with Crippen LogP contribution in [0.3, 0.4) is 0 Å². The zero-order chi connectivity index (χ0) is 27.0. The standard InChI is InChI=1S/C29H28F3N5O/c1-4-13-36-17-24(29(30,31)32)34-27(36)20-11-9-19(10-12-20)16-37-25(38)14-21-15-33-26(35-28(21)37)23-8-6-5-7-22(23)18(2)3/h5-12,15,17-18H,4,13-14,16H2,1-3H3. The number of amides is 1. The largest absolute Gasteiger partial charge is 0.434 e. The van der Waals surface area contributed by atoms with Gasteiger partial charge in [0.1, 0.15) is 11.6 Å². The molecule has 0 radical (unpaired) electrons. The fourth-order valence-corrected chi connectivity index (χ4v) is 4.77. The second-order valence-corrected chi connectivity index (χ2v) is 9.78. The molecular weight excluding hydrogens is 491 g/mol. The summed E-state index contributed by atoms with van der Waals surface area (Å²) in [6.45, 7) is 6.86. The minimum atomic E-state index is -4.51. The fourth-order valence-electron chi connectivity index (χ4n) is 4.77. The number of anilines is 1. The number of aryl methyl sites for hydroxylation is 1. The van der Waals surface area contributed by atoms with Crippen LogP contribution in [0.1, 0.15) is 55.5 Å². The molecule has 196 valence electrons. The van der Waals surface area contributed by atoms with Crippen LogP contribution in [0.25, 0.3) is 22.8 Å². The van der Waals surface area contributed by atoms with Crippen molar-refractivity contribution in [2.24, 2.45) is 0 Å². The summed E-state index contributed by atoms with van der Waals surface area (Å²) in [7, 11) is 0. The molecular formula is C29H28F3N5O. The van der Waals surface area contributed by atoms with Crippen molar-refractivity contribution in [2.75, 3.05) is 4.90 Å². The quantitative estimate of drug-likeness (QED) is 0.274. The number of benzene rings is 2. The summed E-state index contributed by atoms with van der Waals surface area (Å²) >= 11 is 0. The van der Waals surface area contributed by atoms with Crippen molar-refractivity contribution < 1.29 is 18.0 Å². The number of nitrogens with zero attached hydrogens (tertiary/aromatic N) is 5. The molecule has 0 saturated heterocycles. The van der Waals surface area contributed by atoms with Crippen molar-refractivity contribution >= 4 is 11.7 Å². The predicted molar refractivity (Wildman–Crippen MR) is 139 cm³/mol. The molecule has 1 aliphatic heterocycles. The van der Waals surface area contributed by atoms with Crippen molar-refractivity contribution in [2.45, 2.75) is 58.8 Å². The Labute approximate surface area is 219 Å². The summed E-state index contributed by atoms with van der Waals surface area (Å²) in [6, 6.07) is 15.1. The normalized spacial score (nSPS) is 13.4. The number of carbonyl (C=O) groups is 1. The van der Waals surface area contributed by atoms with Gasteiger partial charge in [0.2, 0.25) is 5.91 Å². The smallest absolute Gasteiger partial charge is 0.330 e. The van der Waals surface area contributed by atoms with E-state index in [1.54, 1.807) is 23.2 Å². The minimum absolute atomic E-state index is 0.0685. The second-order valence-electron chi connectivity index (χ2n) is 9.78. The number of alkyl halides is 3. The number of hydrogen-bond donors (Lipinski definition) is 0. The molecule has 0 spiro atoms. The maximum Gasteiger partial charge on any atom is 0.434 e. The monoisotopic (exact) mass is 519 g/mol. The van der Waals surface area contributed by atoms with Crippen molar-refractivity contribution in [3.63, 3.8) is 0 Å². The van der Waals surface area contributed by atoms with Crippen molar-refractivity contribution in [1.82, 2.24) is 19.5 Å². The lowest BCUT2D eigenvalue weighted by molar-refractivity contribution is -0.140. The SMILES string of the molecule is CCCn1cc(C(F)(F)F)nc1-c1ccc(CN2C(=O)Cc3cnc(-c4ccccc4C(C)C)nc32)cc1. The Balaban J connectivity index is 1.42. The van der Waals surface area contributed by atoms with Gasteiger partial charge in [0, 0.05) is 35.6 Å². The van der Waals surface area contributed by atoms with Gasteiger partial charge in [0.15, 0.2) is 11.5 Å². The number of imidazole rings is 1. The summed E-state index contributed by atoms with van der Waals surface area (Å²) in [5, 5.41) is 0. The summed E-state index contributed by atoms with van der Waals surface area (Å²) in [5.41, 5.74) is 3.37. The van der Waals surface area contributed by atoms with E-state index in [2.05, 4.69) is 29.9 Å². The van der Waals surface area contributed by atoms with Crippen molar-refractivity contribution in [3.05, 3.63) is 83.3 Å². The maximum absolute atomic E-state index is 13.3. The molecule has 1 aliphatic rings. The third-order valence-corrected chi connectivity index (χ3v) is 6.65. The lowest BCUT2D eigenvalue weighted by atomic mass is 9.97. The van der Waals surface area contributed by atoms with Crippen LogP contribution in [0.4, 0.5) is 19.0 Å². The highest BCUT2D eigenvalue weighted by atomic mass is 19.4. The Morgan fingerprint density at radius 2 is 1.76 bits per heavy atom. The second kappa shape index (κ2) is 10.0. The zero-order valence-electron chi connectivity index (χ0n) is 21.5. The predicted octanol–water partition coefficient (Wildman–Crippen LogP) is 6.65. The van der Waals surface area contributed by atoms with E-state index in [9.17, 15) is 18.0 Å². The van der Waals surface area contributed by atoms with Crippen LogP contribution >= 0.6 is 0 Å². The summed E-state index contributed by atoms with van der Waals surface area (Å²) in [5.74, 6) is 1.66. The maximum atomic E-state index is 13.3. The highest BCUT2D eigenvalue weighted by Crippen LogP contribution is 2.34. The lowest BCUT2D eigenvalue weighted by Gasteiger charge is -2.18. The van der Waals surface area contributed by atoms with Gasteiger partial charge in [-0.15, -0.1) is 0 Å². The molecule has 0 N–H and O–H groups in total. The molecule has 9 heteroatoms. The topological polar surface area (TPSA) is 63.9 Å². The molecule has 38 heavy (non-hydrogen) atoms. The molecule has 0 unspecified atom stereocenters. The van der Waals surface area contributed by atoms with Crippen LogP contribution in [0.5, 0.6) is 0 Å². The first-order valence-electron chi connectivity index (χ1n) is 12.6. The third-order valence-electron chi connectivity index (χ3n) is 6.65. The van der Waals surface area contributed by atoms with Crippen LogP contribution in [0, 0.1) is 0 Å². The van der Waals surface area contributed by atoms with E-state index in [-0.39, 0.29) is 18.2 Å². The molecule has 2 aromatic carbocycles. The molecule has 0 saturated carbocycles. The number of carbonyl (C=O) groups excluding carboxylic acids is 1. The molecule has 0 aliphatic carbocycles. The Kier molecular flexibility index (Phi) is 6.77. The molecule has 1 amide bonds. The van der Waals surface area contributed by atoms with Crippen LogP contribution in [-0.2, 0) is 30.5 Å². The summed E-state index contributed by atoms with van der Waals surface area (Å²) in [6.07, 6.45) is -0.814. The van der Waals surface area contributed by atoms with Gasteiger partial charge in [-0.25, -0.2) is 15.0 Å². The van der Waals surface area contributed by atoms with E-state index in [1.165, 1.54) is 4.57 Å². The highest BCUT2D eigenvalue weighted by Gasteiger charge is 2.35. The minimum Gasteiger partial charge on any atom is -0.330 e. The van der Waals surface area contributed by atoms with Gasteiger partial charge in [-0.05, 0) is 23.5 Å². The van der Waals surface area contributed by atoms with E-state index in [1.807, 2.05) is 37.3 Å². The summed E-state index contributed by atoms with van der Waals surface area (Å²) < 4.78 is 41.3. The zero-order valence-corrected chi connectivity index (χ0v) is 21.5. The first-order chi connectivity index (χ1) is 18.2. The Morgan fingerprint density at radius 1 is 1.03 bits per heavy atom. The third kappa shape index (κ3) is 4.92. The van der Waals surface area contributed by atoms with E-state index < -0.39 is 11.9 Å². The number of rotatable bonds is 7. The highest BCUT2D eigenvalue weighted by molar-refractivity contribution is 6.00. The van der Waals surface area contributed by atoms with Crippen molar-refractivity contribution in [1.29, 1.82) is 0 Å². The van der Waals surface area contributed by atoms with Crippen LogP contribution in [0.2, 0.25) is 0 Å². The molecule has 2 aromatic heterocycles. The first kappa shape index (κ1) is 25.6. The van der Waals surface area contributed by atoms with Gasteiger partial charge in [0.05, 0.1) is 13.0 Å². The van der Waals surface area contributed by atoms with Crippen molar-refractivity contribution in [3.8, 4) is 22.8 Å². The summed E-state index contributed by atoms with van der Waals surface area (Å²) in [4.78, 5) is 27.7. The van der Waals surface area contributed by atoms with Gasteiger partial charge in [0.25, 0.3) is 0 Å². The lowest BCUT2D eigenvalue weighted by Crippen LogP contribution is -2.26. The molecule has 5 rings (SSSR count). The Bertz CT molecular complexity index is 1470. The van der Waals surface area contributed by atoms with Crippen LogP contribution < -0.4 is 4.90 Å². The fraction of sp³-hybridized carbons (Fsp3) is 0.310. The molecule has 4 aromatic rings. The number of aromatic nitrogens is 4. The molecule has 0 fully saturated rings. The van der Waals surface area contributed by atoms with E-state index in [0.717, 1.165) is 28.5 Å². The van der Waals surface area contributed by atoms with Gasteiger partial charge >= 0.3 is 6.18 Å². The van der Waals surface area contributed by atoms with E-state index in [0.29, 0.717) is 42.6 Å². The van der Waals surface area contributed by atoms with Gasteiger partial charge in [-0.2, -0.15) is 13.2 Å². The van der Waals surface area contributed by atoms with Crippen LogP contribution in [-0.4, -0.2) is 25.4 Å². The Hall–Kier alpha value is -4.01.